The first-order chi connectivity index (χ1) is 8.73. The van der Waals surface area contributed by atoms with Crippen LogP contribution in [0.25, 0.3) is 11.0 Å². The summed E-state index contributed by atoms with van der Waals surface area (Å²) in [6, 6.07) is 6.46. The lowest BCUT2D eigenvalue weighted by atomic mass is 9.72. The second-order valence-corrected chi connectivity index (χ2v) is 5.45. The van der Waals surface area contributed by atoms with Gasteiger partial charge < -0.3 is 15.5 Å². The lowest BCUT2D eigenvalue weighted by Crippen LogP contribution is -2.48. The molecule has 1 aromatic carbocycles. The first-order valence-electron chi connectivity index (χ1n) is 6.45. The van der Waals surface area contributed by atoms with Gasteiger partial charge in [-0.25, -0.2) is 4.98 Å². The van der Waals surface area contributed by atoms with E-state index >= 15 is 0 Å². The van der Waals surface area contributed by atoms with Gasteiger partial charge in [-0.15, -0.1) is 0 Å². The highest BCUT2D eigenvalue weighted by Gasteiger charge is 2.41. The molecule has 0 spiro atoms. The number of aromatic nitrogens is 2. The summed E-state index contributed by atoms with van der Waals surface area (Å²) >= 11 is 0. The zero-order valence-electron chi connectivity index (χ0n) is 10.6. The lowest BCUT2D eigenvalue weighted by Gasteiger charge is -2.43. The molecule has 1 fully saturated rings. The van der Waals surface area contributed by atoms with Gasteiger partial charge in [0, 0.05) is 5.41 Å². The van der Waals surface area contributed by atoms with Crippen molar-refractivity contribution < 1.29 is 4.74 Å². The van der Waals surface area contributed by atoms with Crippen LogP contribution in [-0.2, 0) is 10.2 Å². The Morgan fingerprint density at radius 1 is 1.50 bits per heavy atom. The molecule has 1 atom stereocenters. The molecule has 1 aliphatic heterocycles. The minimum atomic E-state index is 0.151. The Morgan fingerprint density at radius 2 is 2.33 bits per heavy atom. The van der Waals surface area contributed by atoms with E-state index in [2.05, 4.69) is 35.1 Å². The highest BCUT2D eigenvalue weighted by Crippen LogP contribution is 2.38. The minimum absolute atomic E-state index is 0.151. The van der Waals surface area contributed by atoms with E-state index in [0.717, 1.165) is 37.2 Å². The summed E-state index contributed by atoms with van der Waals surface area (Å²) in [5.41, 5.74) is 9.35. The zero-order chi connectivity index (χ0) is 12.6. The molecule has 0 amide bonds. The van der Waals surface area contributed by atoms with Gasteiger partial charge >= 0.3 is 0 Å². The van der Waals surface area contributed by atoms with Crippen LogP contribution in [0.5, 0.6) is 0 Å². The monoisotopic (exact) mass is 245 g/mol. The maximum atomic E-state index is 5.75. The van der Waals surface area contributed by atoms with Crippen LogP contribution in [0.2, 0.25) is 0 Å². The van der Waals surface area contributed by atoms with Gasteiger partial charge in [0.25, 0.3) is 0 Å². The predicted molar refractivity (Wildman–Crippen MR) is 71.4 cm³/mol. The molecule has 0 radical (unpaired) electrons. The number of nitrogens with zero attached hydrogens (tertiary/aromatic N) is 1. The van der Waals surface area contributed by atoms with E-state index < -0.39 is 0 Å². The number of aromatic amines is 1. The van der Waals surface area contributed by atoms with E-state index in [1.165, 1.54) is 5.56 Å². The van der Waals surface area contributed by atoms with Gasteiger partial charge in [0.05, 0.1) is 30.6 Å². The number of rotatable bonds is 4. The third-order valence-electron chi connectivity index (χ3n) is 3.93. The minimum Gasteiger partial charge on any atom is -0.379 e. The number of imidazole rings is 1. The Hall–Kier alpha value is -1.39. The summed E-state index contributed by atoms with van der Waals surface area (Å²) in [7, 11) is 0. The fourth-order valence-electron chi connectivity index (χ4n) is 2.77. The van der Waals surface area contributed by atoms with Crippen molar-refractivity contribution in [3.8, 4) is 0 Å². The quantitative estimate of drug-likeness (QED) is 0.863. The number of hydrogen-bond donors (Lipinski definition) is 2. The largest absolute Gasteiger partial charge is 0.379 e. The van der Waals surface area contributed by atoms with Crippen molar-refractivity contribution >= 4 is 11.0 Å². The molecule has 0 aliphatic carbocycles. The predicted octanol–water partition coefficient (Wildman–Crippen LogP) is 1.82. The van der Waals surface area contributed by atoms with E-state index in [4.69, 9.17) is 10.5 Å². The van der Waals surface area contributed by atoms with Crippen molar-refractivity contribution in [2.24, 2.45) is 11.7 Å². The number of nitrogens with two attached hydrogens (primary N) is 1. The third-order valence-corrected chi connectivity index (χ3v) is 3.93. The normalized spacial score (nSPS) is 19.7. The Kier molecular flexibility index (Phi) is 2.84. The average Bonchev–Trinajstić information content (AvgIpc) is 2.80. The Labute approximate surface area is 107 Å². The average molecular weight is 245 g/mol. The van der Waals surface area contributed by atoms with Crippen molar-refractivity contribution in [1.29, 1.82) is 0 Å². The van der Waals surface area contributed by atoms with Crippen LogP contribution in [0.1, 0.15) is 18.9 Å². The van der Waals surface area contributed by atoms with Crippen molar-refractivity contribution in [3.05, 3.63) is 30.1 Å². The number of ether oxygens (including phenoxy) is 1. The van der Waals surface area contributed by atoms with E-state index in [1.54, 1.807) is 6.33 Å². The van der Waals surface area contributed by atoms with Crippen LogP contribution in [0.4, 0.5) is 0 Å². The maximum Gasteiger partial charge on any atom is 0.0931 e. The molecule has 1 aliphatic rings. The number of benzene rings is 1. The summed E-state index contributed by atoms with van der Waals surface area (Å²) in [6.45, 7) is 4.54. The smallest absolute Gasteiger partial charge is 0.0931 e. The molecule has 0 saturated carbocycles. The Balaban J connectivity index is 1.94. The first-order valence-corrected chi connectivity index (χ1v) is 6.45. The maximum absolute atomic E-state index is 5.75. The van der Waals surface area contributed by atoms with Crippen LogP contribution in [-0.4, -0.2) is 29.7 Å². The molecule has 0 bridgehead atoms. The van der Waals surface area contributed by atoms with Gasteiger partial charge in [-0.2, -0.15) is 0 Å². The fourth-order valence-corrected chi connectivity index (χ4v) is 2.77. The summed E-state index contributed by atoms with van der Waals surface area (Å²) in [6.07, 6.45) is 2.82. The molecule has 1 saturated heterocycles. The molecule has 2 aromatic rings. The van der Waals surface area contributed by atoms with Crippen LogP contribution >= 0.6 is 0 Å². The topological polar surface area (TPSA) is 63.9 Å². The first kappa shape index (κ1) is 11.7. The summed E-state index contributed by atoms with van der Waals surface area (Å²) < 4.78 is 5.46. The second-order valence-electron chi connectivity index (χ2n) is 5.45. The molecular weight excluding hydrogens is 226 g/mol. The van der Waals surface area contributed by atoms with Crippen molar-refractivity contribution in [2.45, 2.75) is 18.8 Å². The standard InChI is InChI=1S/C14H19N3O/c1-10(6-15)5-14(7-18-8-14)11-2-3-12-13(4-11)17-9-16-12/h2-4,9-10H,5-8,15H2,1H3,(H,16,17). The molecular formula is C14H19N3O. The number of H-pyrrole nitrogens is 1. The summed E-state index contributed by atoms with van der Waals surface area (Å²) in [4.78, 5) is 7.43. The van der Waals surface area contributed by atoms with Gasteiger partial charge in [-0.1, -0.05) is 13.0 Å². The fraction of sp³-hybridized carbons (Fsp3) is 0.500. The van der Waals surface area contributed by atoms with Gasteiger partial charge in [-0.05, 0) is 36.6 Å². The van der Waals surface area contributed by atoms with Gasteiger partial charge in [0.2, 0.25) is 0 Å². The molecule has 4 nitrogen and oxygen atoms in total. The van der Waals surface area contributed by atoms with Crippen LogP contribution < -0.4 is 5.73 Å². The summed E-state index contributed by atoms with van der Waals surface area (Å²) in [5.74, 6) is 0.520. The highest BCUT2D eigenvalue weighted by molar-refractivity contribution is 5.75. The summed E-state index contributed by atoms with van der Waals surface area (Å²) in [5, 5.41) is 0. The van der Waals surface area contributed by atoms with E-state index in [9.17, 15) is 0 Å². The van der Waals surface area contributed by atoms with E-state index in [-0.39, 0.29) is 5.41 Å². The number of fused-ring (bicyclic) bond motifs is 1. The highest BCUT2D eigenvalue weighted by atomic mass is 16.5. The van der Waals surface area contributed by atoms with Crippen molar-refractivity contribution in [1.82, 2.24) is 9.97 Å². The van der Waals surface area contributed by atoms with Gasteiger partial charge in [0.1, 0.15) is 0 Å². The second kappa shape index (κ2) is 4.37. The van der Waals surface area contributed by atoms with Crippen molar-refractivity contribution in [2.75, 3.05) is 19.8 Å². The zero-order valence-corrected chi connectivity index (χ0v) is 10.6. The number of nitrogens with one attached hydrogen (secondary N) is 1. The SMILES string of the molecule is CC(CN)CC1(c2ccc3nc[nH]c3c2)COC1. The van der Waals surface area contributed by atoms with Gasteiger partial charge in [-0.3, -0.25) is 0 Å². The molecule has 3 N–H and O–H groups in total. The Bertz CT molecular complexity index is 545. The molecule has 1 unspecified atom stereocenters. The molecule has 18 heavy (non-hydrogen) atoms. The molecule has 1 aromatic heterocycles. The number of hydrogen-bond acceptors (Lipinski definition) is 3. The lowest BCUT2D eigenvalue weighted by molar-refractivity contribution is -0.0701. The molecule has 2 heterocycles. The van der Waals surface area contributed by atoms with Crippen LogP contribution in [0, 0.1) is 5.92 Å². The van der Waals surface area contributed by atoms with E-state index in [0.29, 0.717) is 5.92 Å². The third kappa shape index (κ3) is 1.82. The molecule has 3 rings (SSSR count). The van der Waals surface area contributed by atoms with E-state index in [1.807, 2.05) is 0 Å². The van der Waals surface area contributed by atoms with Crippen molar-refractivity contribution in [3.63, 3.8) is 0 Å². The van der Waals surface area contributed by atoms with Crippen LogP contribution in [0.3, 0.4) is 0 Å². The molecule has 4 heteroatoms. The Morgan fingerprint density at radius 3 is 3.00 bits per heavy atom. The van der Waals surface area contributed by atoms with Crippen LogP contribution in [0.15, 0.2) is 24.5 Å². The molecule has 96 valence electrons. The van der Waals surface area contributed by atoms with Gasteiger partial charge in [0.15, 0.2) is 0 Å².